The number of carbonyl (C=O) groups is 1. The molecule has 3 saturated heterocycles. The molecule has 146 valence electrons. The molecule has 0 spiro atoms. The van der Waals surface area contributed by atoms with Crippen LogP contribution in [0.5, 0.6) is 5.75 Å². The highest BCUT2D eigenvalue weighted by atomic mass is 32.2. The van der Waals surface area contributed by atoms with Crippen molar-refractivity contribution in [3.05, 3.63) is 65.5 Å². The summed E-state index contributed by atoms with van der Waals surface area (Å²) in [5.74, 6) is 3.30. The molecular formula is C23H24FNO2S. The Bertz CT molecular complexity index is 836. The molecule has 5 heteroatoms. The third kappa shape index (κ3) is 3.41. The predicted molar refractivity (Wildman–Crippen MR) is 110 cm³/mol. The lowest BCUT2D eigenvalue weighted by Gasteiger charge is -2.39. The molecule has 0 aromatic heterocycles. The van der Waals surface area contributed by atoms with Crippen LogP contribution in [0, 0.1) is 5.82 Å². The maximum Gasteiger partial charge on any atom is 0.254 e. The monoisotopic (exact) mass is 397 g/mol. The first-order valence-electron chi connectivity index (χ1n) is 10.1. The third-order valence-electron chi connectivity index (χ3n) is 6.32. The van der Waals surface area contributed by atoms with Gasteiger partial charge in [0.25, 0.3) is 5.91 Å². The fraction of sp³-hybridized carbons (Fsp3) is 0.435. The molecule has 0 unspecified atom stereocenters. The topological polar surface area (TPSA) is 29.5 Å². The van der Waals surface area contributed by atoms with Crippen LogP contribution in [0.2, 0.25) is 0 Å². The van der Waals surface area contributed by atoms with E-state index in [-0.39, 0.29) is 23.8 Å². The van der Waals surface area contributed by atoms with Gasteiger partial charge in [-0.25, -0.2) is 4.39 Å². The van der Waals surface area contributed by atoms with E-state index in [4.69, 9.17) is 4.74 Å². The van der Waals surface area contributed by atoms with Crippen LogP contribution in [0.15, 0.2) is 48.5 Å². The van der Waals surface area contributed by atoms with Crippen LogP contribution in [0.1, 0.15) is 47.5 Å². The molecular weight excluding hydrogens is 373 g/mol. The zero-order valence-corrected chi connectivity index (χ0v) is 16.5. The molecule has 28 heavy (non-hydrogen) atoms. The highest BCUT2D eigenvalue weighted by Crippen LogP contribution is 2.43. The standard InChI is InChI=1S/C23H24FNO2S/c24-18-5-1-15(2-6-18)17-11-19-7-8-20(12-17)25(19)23(26)16-3-9-21(10-4-16)27-22-13-28-14-22/h1-6,9-10,17,19-20,22H,7-8,11-14H2/t17-,19+,20-. The minimum absolute atomic E-state index is 0.135. The number of ether oxygens (including phenoxy) is 1. The molecule has 0 radical (unpaired) electrons. The number of carbonyl (C=O) groups excluding carboxylic acids is 1. The molecule has 0 N–H and O–H groups in total. The molecule has 3 heterocycles. The van der Waals surface area contributed by atoms with E-state index in [2.05, 4.69) is 4.90 Å². The van der Waals surface area contributed by atoms with Crippen molar-refractivity contribution in [3.63, 3.8) is 0 Å². The molecule has 3 aliphatic heterocycles. The van der Waals surface area contributed by atoms with E-state index in [0.717, 1.165) is 48.5 Å². The molecule has 2 aromatic rings. The molecule has 3 atom stereocenters. The first-order valence-corrected chi connectivity index (χ1v) is 11.3. The summed E-state index contributed by atoms with van der Waals surface area (Å²) in [5, 5.41) is 0. The molecule has 1 amide bonds. The molecule has 2 bridgehead atoms. The molecule has 3 aliphatic rings. The van der Waals surface area contributed by atoms with Gasteiger partial charge in [-0.3, -0.25) is 4.79 Å². The van der Waals surface area contributed by atoms with Gasteiger partial charge in [0.05, 0.1) is 0 Å². The van der Waals surface area contributed by atoms with Crippen molar-refractivity contribution in [1.82, 2.24) is 4.90 Å². The zero-order valence-electron chi connectivity index (χ0n) is 15.7. The Balaban J connectivity index is 1.27. The van der Waals surface area contributed by atoms with Crippen molar-refractivity contribution in [2.45, 2.75) is 49.8 Å². The Hall–Kier alpha value is -2.01. The number of piperidine rings is 1. The van der Waals surface area contributed by atoms with E-state index in [0.29, 0.717) is 12.0 Å². The maximum atomic E-state index is 13.2. The number of amides is 1. The summed E-state index contributed by atoms with van der Waals surface area (Å²) in [6.07, 6.45) is 4.37. The van der Waals surface area contributed by atoms with Gasteiger partial charge in [0.2, 0.25) is 0 Å². The Morgan fingerprint density at radius 1 is 0.964 bits per heavy atom. The minimum Gasteiger partial charge on any atom is -0.489 e. The lowest BCUT2D eigenvalue weighted by Crippen LogP contribution is -2.46. The van der Waals surface area contributed by atoms with Gasteiger partial charge < -0.3 is 9.64 Å². The van der Waals surface area contributed by atoms with E-state index >= 15 is 0 Å². The average molecular weight is 398 g/mol. The van der Waals surface area contributed by atoms with Crippen molar-refractivity contribution < 1.29 is 13.9 Å². The first kappa shape index (κ1) is 18.0. The van der Waals surface area contributed by atoms with Gasteiger partial charge >= 0.3 is 0 Å². The summed E-state index contributed by atoms with van der Waals surface area (Å²) in [4.78, 5) is 15.3. The second kappa shape index (κ2) is 7.43. The highest BCUT2D eigenvalue weighted by molar-refractivity contribution is 8.00. The molecule has 0 saturated carbocycles. The van der Waals surface area contributed by atoms with E-state index in [1.807, 2.05) is 48.2 Å². The first-order chi connectivity index (χ1) is 13.7. The van der Waals surface area contributed by atoms with Crippen molar-refractivity contribution in [2.24, 2.45) is 0 Å². The summed E-state index contributed by atoms with van der Waals surface area (Å²) >= 11 is 1.89. The fourth-order valence-electron chi connectivity index (χ4n) is 4.82. The lowest BCUT2D eigenvalue weighted by atomic mass is 9.85. The highest BCUT2D eigenvalue weighted by Gasteiger charge is 2.43. The molecule has 3 fully saturated rings. The predicted octanol–water partition coefficient (Wildman–Crippen LogP) is 4.87. The van der Waals surface area contributed by atoms with Crippen LogP contribution in [0.25, 0.3) is 0 Å². The number of hydrogen-bond acceptors (Lipinski definition) is 3. The summed E-state index contributed by atoms with van der Waals surface area (Å²) in [6.45, 7) is 0. The van der Waals surface area contributed by atoms with Crippen molar-refractivity contribution in [1.29, 1.82) is 0 Å². The number of hydrogen-bond donors (Lipinski definition) is 0. The second-order valence-corrected chi connectivity index (χ2v) is 9.19. The Kier molecular flexibility index (Phi) is 4.79. The smallest absolute Gasteiger partial charge is 0.254 e. The third-order valence-corrected chi connectivity index (χ3v) is 7.54. The molecule has 3 nitrogen and oxygen atoms in total. The van der Waals surface area contributed by atoms with Gasteiger partial charge in [0.1, 0.15) is 17.7 Å². The minimum atomic E-state index is -0.192. The van der Waals surface area contributed by atoms with Crippen LogP contribution in [-0.4, -0.2) is 40.5 Å². The molecule has 2 aromatic carbocycles. The molecule has 0 aliphatic carbocycles. The Morgan fingerprint density at radius 2 is 1.61 bits per heavy atom. The number of thioether (sulfide) groups is 1. The van der Waals surface area contributed by atoms with Gasteiger partial charge in [-0.15, -0.1) is 0 Å². The fourth-order valence-corrected chi connectivity index (χ4v) is 5.38. The number of nitrogens with zero attached hydrogens (tertiary/aromatic N) is 1. The zero-order chi connectivity index (χ0) is 19.1. The quantitative estimate of drug-likeness (QED) is 0.737. The van der Waals surface area contributed by atoms with Crippen LogP contribution in [-0.2, 0) is 0 Å². The number of halogens is 1. The van der Waals surface area contributed by atoms with Crippen LogP contribution < -0.4 is 4.74 Å². The lowest BCUT2D eigenvalue weighted by molar-refractivity contribution is 0.0571. The Morgan fingerprint density at radius 3 is 2.18 bits per heavy atom. The summed E-state index contributed by atoms with van der Waals surface area (Å²) < 4.78 is 19.1. The van der Waals surface area contributed by atoms with Crippen LogP contribution >= 0.6 is 11.8 Å². The molecule has 5 rings (SSSR count). The van der Waals surface area contributed by atoms with Gasteiger partial charge in [-0.2, -0.15) is 11.8 Å². The number of benzene rings is 2. The van der Waals surface area contributed by atoms with Crippen molar-refractivity contribution in [2.75, 3.05) is 11.5 Å². The van der Waals surface area contributed by atoms with Crippen LogP contribution in [0.4, 0.5) is 4.39 Å². The normalized spacial score (nSPS) is 26.8. The van der Waals surface area contributed by atoms with Crippen molar-refractivity contribution in [3.8, 4) is 5.75 Å². The summed E-state index contributed by atoms with van der Waals surface area (Å²) in [6, 6.07) is 15.1. The SMILES string of the molecule is O=C(c1ccc(OC2CSC2)cc1)N1[C@@H]2CC[C@H]1C[C@@H](c1ccc(F)cc1)C2. The van der Waals surface area contributed by atoms with Gasteiger partial charge in [0.15, 0.2) is 0 Å². The second-order valence-electron chi connectivity index (χ2n) is 8.12. The Labute approximate surface area is 169 Å². The van der Waals surface area contributed by atoms with E-state index < -0.39 is 0 Å². The number of fused-ring (bicyclic) bond motifs is 2. The van der Waals surface area contributed by atoms with E-state index in [9.17, 15) is 9.18 Å². The van der Waals surface area contributed by atoms with Gasteiger partial charge in [-0.05, 0) is 73.6 Å². The van der Waals surface area contributed by atoms with Crippen LogP contribution in [0.3, 0.4) is 0 Å². The van der Waals surface area contributed by atoms with E-state index in [1.54, 1.807) is 12.1 Å². The summed E-state index contributed by atoms with van der Waals surface area (Å²) in [5.41, 5.74) is 1.94. The van der Waals surface area contributed by atoms with Gasteiger partial charge in [-0.1, -0.05) is 12.1 Å². The largest absolute Gasteiger partial charge is 0.489 e. The number of rotatable bonds is 4. The maximum absolute atomic E-state index is 13.2. The average Bonchev–Trinajstić information content (AvgIpc) is 2.94. The van der Waals surface area contributed by atoms with E-state index in [1.165, 1.54) is 5.56 Å². The van der Waals surface area contributed by atoms with Crippen molar-refractivity contribution >= 4 is 17.7 Å². The summed E-state index contributed by atoms with van der Waals surface area (Å²) in [7, 11) is 0. The van der Waals surface area contributed by atoms with Gasteiger partial charge in [0, 0.05) is 29.2 Å².